The average molecular weight is 419 g/mol. The lowest BCUT2D eigenvalue weighted by molar-refractivity contribution is -0.129. The number of carbonyl (C=O) groups excluding carboxylic acids is 2. The van der Waals surface area contributed by atoms with E-state index in [-0.39, 0.29) is 31.6 Å². The minimum Gasteiger partial charge on any atom is -0.490 e. The lowest BCUT2D eigenvalue weighted by Crippen LogP contribution is -2.56. The van der Waals surface area contributed by atoms with Crippen molar-refractivity contribution in [1.29, 1.82) is 0 Å². The van der Waals surface area contributed by atoms with Crippen LogP contribution >= 0.6 is 0 Å². The molecule has 1 aromatic heterocycles. The fourth-order valence-electron chi connectivity index (χ4n) is 4.40. The molecule has 5 rings (SSSR count). The molecule has 0 aliphatic carbocycles. The Labute approximate surface area is 178 Å². The maximum Gasteiger partial charge on any atom is 0.288 e. The molecule has 3 aromatic rings. The number of para-hydroxylation sites is 2. The molecule has 0 spiro atoms. The first-order valence-corrected chi connectivity index (χ1v) is 9.91. The number of ether oxygens (including phenoxy) is 2. The number of benzene rings is 2. The average Bonchev–Trinajstić information content (AvgIpc) is 3.20. The topological polar surface area (TPSA) is 113 Å². The van der Waals surface area contributed by atoms with E-state index in [0.29, 0.717) is 17.3 Å². The molecule has 0 radical (unpaired) electrons. The summed E-state index contributed by atoms with van der Waals surface area (Å²) in [5, 5.41) is 4.42. The van der Waals surface area contributed by atoms with Crippen molar-refractivity contribution in [3.8, 4) is 5.75 Å². The molecular weight excluding hydrogens is 398 g/mol. The Balaban J connectivity index is 1.71. The van der Waals surface area contributed by atoms with Gasteiger partial charge in [0.1, 0.15) is 30.4 Å². The summed E-state index contributed by atoms with van der Waals surface area (Å²) in [4.78, 5) is 31.4. The maximum atomic E-state index is 13.8. The van der Waals surface area contributed by atoms with Crippen LogP contribution in [0.1, 0.15) is 22.0 Å². The number of amides is 2. The summed E-state index contributed by atoms with van der Waals surface area (Å²) in [6, 6.07) is 16.9. The van der Waals surface area contributed by atoms with Gasteiger partial charge in [-0.1, -0.05) is 42.5 Å². The van der Waals surface area contributed by atoms with Gasteiger partial charge in [0.05, 0.1) is 12.3 Å². The molecule has 2 atom stereocenters. The van der Waals surface area contributed by atoms with Crippen LogP contribution in [0.4, 0.5) is 5.69 Å². The Hall–Kier alpha value is -3.72. The highest BCUT2D eigenvalue weighted by atomic mass is 16.5. The van der Waals surface area contributed by atoms with Gasteiger partial charge in [0.15, 0.2) is 5.82 Å². The summed E-state index contributed by atoms with van der Waals surface area (Å²) in [6.45, 7) is 0.422. The van der Waals surface area contributed by atoms with Crippen molar-refractivity contribution in [3.63, 3.8) is 0 Å². The second kappa shape index (κ2) is 7.21. The molecule has 2 aliphatic heterocycles. The fourth-order valence-corrected chi connectivity index (χ4v) is 4.40. The third kappa shape index (κ3) is 2.89. The van der Waals surface area contributed by atoms with E-state index in [4.69, 9.17) is 15.2 Å². The lowest BCUT2D eigenvalue weighted by Gasteiger charge is -2.42. The van der Waals surface area contributed by atoms with Crippen LogP contribution < -0.4 is 15.4 Å². The maximum absolute atomic E-state index is 13.8. The van der Waals surface area contributed by atoms with Gasteiger partial charge >= 0.3 is 0 Å². The molecule has 1 unspecified atom stereocenters. The first-order valence-electron chi connectivity index (χ1n) is 9.91. The highest BCUT2D eigenvalue weighted by molar-refractivity contribution is 5.97. The molecule has 2 amide bonds. The molecule has 0 bridgehead atoms. The number of hydrogen-bond donors (Lipinski definition) is 1. The van der Waals surface area contributed by atoms with E-state index in [1.165, 1.54) is 0 Å². The quantitative estimate of drug-likeness (QED) is 0.685. The SMILES string of the molecule is CN1C(=O)[C@@H](C2(c3ccccc3)COCc3nc(C(N)=O)nn32)COc2ccccc21. The van der Waals surface area contributed by atoms with Crippen molar-refractivity contribution in [1.82, 2.24) is 14.8 Å². The number of anilines is 1. The van der Waals surface area contributed by atoms with E-state index in [2.05, 4.69) is 10.1 Å². The molecule has 0 saturated heterocycles. The normalized spacial score (nSPS) is 22.8. The van der Waals surface area contributed by atoms with Crippen LogP contribution in [0.3, 0.4) is 0 Å². The van der Waals surface area contributed by atoms with Crippen LogP contribution in [0.15, 0.2) is 54.6 Å². The molecule has 158 valence electrons. The zero-order valence-electron chi connectivity index (χ0n) is 16.9. The zero-order chi connectivity index (χ0) is 21.6. The summed E-state index contributed by atoms with van der Waals surface area (Å²) >= 11 is 0. The van der Waals surface area contributed by atoms with Gasteiger partial charge in [0.25, 0.3) is 5.91 Å². The number of rotatable bonds is 3. The van der Waals surface area contributed by atoms with Crippen molar-refractivity contribution < 1.29 is 19.1 Å². The number of carbonyl (C=O) groups is 2. The van der Waals surface area contributed by atoms with Crippen molar-refractivity contribution >= 4 is 17.5 Å². The van der Waals surface area contributed by atoms with Crippen molar-refractivity contribution in [2.75, 3.05) is 25.2 Å². The summed E-state index contributed by atoms with van der Waals surface area (Å²) < 4.78 is 13.6. The predicted octanol–water partition coefficient (Wildman–Crippen LogP) is 1.32. The third-order valence-corrected chi connectivity index (χ3v) is 5.94. The summed E-state index contributed by atoms with van der Waals surface area (Å²) in [5.41, 5.74) is 5.87. The molecule has 31 heavy (non-hydrogen) atoms. The molecule has 9 heteroatoms. The number of nitrogens with zero attached hydrogens (tertiary/aromatic N) is 4. The second-order valence-electron chi connectivity index (χ2n) is 7.64. The molecule has 9 nitrogen and oxygen atoms in total. The van der Waals surface area contributed by atoms with Gasteiger partial charge in [0, 0.05) is 7.05 Å². The van der Waals surface area contributed by atoms with Gasteiger partial charge in [0.2, 0.25) is 11.7 Å². The van der Waals surface area contributed by atoms with Crippen LogP contribution in [-0.4, -0.2) is 46.8 Å². The van der Waals surface area contributed by atoms with E-state index in [1.807, 2.05) is 54.6 Å². The third-order valence-electron chi connectivity index (χ3n) is 5.94. The van der Waals surface area contributed by atoms with Gasteiger partial charge in [-0.15, -0.1) is 5.10 Å². The standard InChI is InChI=1S/C22H21N5O4/c1-26-16-9-5-6-10-17(16)31-11-15(21(26)29)22(14-7-3-2-4-8-14)13-30-12-18-24-20(19(23)28)25-27(18)22/h2-10,15H,11-13H2,1H3,(H2,23,28)/t15-,22?/m0/s1. The summed E-state index contributed by atoms with van der Waals surface area (Å²) in [6.07, 6.45) is 0. The smallest absolute Gasteiger partial charge is 0.288 e. The number of nitrogens with two attached hydrogens (primary N) is 1. The van der Waals surface area contributed by atoms with Gasteiger partial charge in [-0.25, -0.2) is 9.67 Å². The molecule has 3 heterocycles. The highest BCUT2D eigenvalue weighted by Gasteiger charge is 2.53. The number of aromatic nitrogens is 3. The second-order valence-corrected chi connectivity index (χ2v) is 7.64. The number of fused-ring (bicyclic) bond motifs is 2. The van der Waals surface area contributed by atoms with E-state index in [1.54, 1.807) is 16.6 Å². The molecule has 2 N–H and O–H groups in total. The zero-order valence-corrected chi connectivity index (χ0v) is 16.9. The van der Waals surface area contributed by atoms with E-state index in [0.717, 1.165) is 5.56 Å². The first-order chi connectivity index (χ1) is 15.0. The van der Waals surface area contributed by atoms with Crippen LogP contribution in [0.2, 0.25) is 0 Å². The Bertz CT molecular complexity index is 1160. The molecule has 0 saturated carbocycles. The first kappa shape index (κ1) is 19.3. The Morgan fingerprint density at radius 2 is 1.90 bits per heavy atom. The van der Waals surface area contributed by atoms with Gasteiger partial charge in [-0.05, 0) is 17.7 Å². The van der Waals surface area contributed by atoms with Crippen molar-refractivity contribution in [3.05, 3.63) is 71.8 Å². The highest BCUT2D eigenvalue weighted by Crippen LogP contribution is 2.42. The molecule has 2 aromatic carbocycles. The largest absolute Gasteiger partial charge is 0.490 e. The Morgan fingerprint density at radius 3 is 2.68 bits per heavy atom. The van der Waals surface area contributed by atoms with E-state index < -0.39 is 17.4 Å². The van der Waals surface area contributed by atoms with Gasteiger partial charge in [-0.2, -0.15) is 0 Å². The summed E-state index contributed by atoms with van der Waals surface area (Å²) in [7, 11) is 1.72. The number of primary amides is 1. The molecule has 2 aliphatic rings. The van der Waals surface area contributed by atoms with E-state index >= 15 is 0 Å². The predicted molar refractivity (Wildman–Crippen MR) is 111 cm³/mol. The van der Waals surface area contributed by atoms with Crippen molar-refractivity contribution in [2.24, 2.45) is 11.7 Å². The molecule has 0 fully saturated rings. The monoisotopic (exact) mass is 419 g/mol. The Morgan fingerprint density at radius 1 is 1.16 bits per heavy atom. The van der Waals surface area contributed by atoms with E-state index in [9.17, 15) is 9.59 Å². The number of hydrogen-bond acceptors (Lipinski definition) is 6. The van der Waals surface area contributed by atoms with Crippen molar-refractivity contribution in [2.45, 2.75) is 12.1 Å². The van der Waals surface area contributed by atoms with Gasteiger partial charge < -0.3 is 20.1 Å². The van der Waals surface area contributed by atoms with Crippen LogP contribution in [0.25, 0.3) is 0 Å². The minimum absolute atomic E-state index is 0.101. The van der Waals surface area contributed by atoms with Gasteiger partial charge in [-0.3, -0.25) is 9.59 Å². The van der Waals surface area contributed by atoms with Crippen LogP contribution in [-0.2, 0) is 21.7 Å². The lowest BCUT2D eigenvalue weighted by atomic mass is 9.77. The summed E-state index contributed by atoms with van der Waals surface area (Å²) in [5.74, 6) is -0.648. The molecular formula is C22H21N5O4. The van der Waals surface area contributed by atoms with Crippen LogP contribution in [0, 0.1) is 5.92 Å². The minimum atomic E-state index is -1.07. The Kier molecular flexibility index (Phi) is 4.48. The van der Waals surface area contributed by atoms with Crippen LogP contribution in [0.5, 0.6) is 5.75 Å². The fraction of sp³-hybridized carbons (Fsp3) is 0.273.